The van der Waals surface area contributed by atoms with Gasteiger partial charge in [0.15, 0.2) is 9.84 Å². The van der Waals surface area contributed by atoms with Crippen LogP contribution in [-0.2, 0) is 9.84 Å². The summed E-state index contributed by atoms with van der Waals surface area (Å²) < 4.78 is 24.3. The first kappa shape index (κ1) is 16.4. The zero-order chi connectivity index (χ0) is 16.6. The van der Waals surface area contributed by atoms with Crippen molar-refractivity contribution in [2.75, 3.05) is 31.1 Å². The molecule has 3 rings (SSSR count). The van der Waals surface area contributed by atoms with Crippen LogP contribution in [-0.4, -0.2) is 72.3 Å². The highest BCUT2D eigenvalue weighted by molar-refractivity contribution is 7.91. The fourth-order valence-electron chi connectivity index (χ4n) is 3.68. The molecule has 6 nitrogen and oxygen atoms in total. The fourth-order valence-corrected chi connectivity index (χ4v) is 5.69. The number of pyridine rings is 1. The zero-order valence-corrected chi connectivity index (χ0v) is 14.4. The van der Waals surface area contributed by atoms with E-state index in [4.69, 9.17) is 0 Å². The van der Waals surface area contributed by atoms with Gasteiger partial charge in [-0.2, -0.15) is 0 Å². The first-order chi connectivity index (χ1) is 10.9. The Labute approximate surface area is 137 Å². The first-order valence-corrected chi connectivity index (χ1v) is 9.90. The van der Waals surface area contributed by atoms with Crippen molar-refractivity contribution in [3.05, 3.63) is 29.6 Å². The van der Waals surface area contributed by atoms with Crippen LogP contribution in [0.4, 0.5) is 0 Å². The molecule has 2 fully saturated rings. The third kappa shape index (κ3) is 3.26. The monoisotopic (exact) mass is 337 g/mol. The molecule has 2 saturated heterocycles. The number of carbonyl (C=O) groups excluding carboxylic acids is 1. The summed E-state index contributed by atoms with van der Waals surface area (Å²) in [6.45, 7) is 6.17. The molecule has 0 aromatic carbocycles. The highest BCUT2D eigenvalue weighted by Gasteiger charge is 2.47. The van der Waals surface area contributed by atoms with Crippen molar-refractivity contribution in [1.29, 1.82) is 0 Å². The van der Waals surface area contributed by atoms with Gasteiger partial charge in [0, 0.05) is 31.5 Å². The van der Waals surface area contributed by atoms with Gasteiger partial charge in [0.1, 0.15) is 0 Å². The Morgan fingerprint density at radius 1 is 1.26 bits per heavy atom. The summed E-state index contributed by atoms with van der Waals surface area (Å²) in [7, 11) is -3.09. The van der Waals surface area contributed by atoms with Crippen molar-refractivity contribution >= 4 is 15.7 Å². The third-order valence-electron chi connectivity index (χ3n) is 4.68. The normalized spacial score (nSPS) is 27.0. The van der Waals surface area contributed by atoms with E-state index in [1.807, 2.05) is 13.0 Å². The second kappa shape index (κ2) is 6.20. The van der Waals surface area contributed by atoms with Crippen molar-refractivity contribution in [2.24, 2.45) is 0 Å². The predicted molar refractivity (Wildman–Crippen MR) is 88.1 cm³/mol. The molecule has 7 heteroatoms. The van der Waals surface area contributed by atoms with Gasteiger partial charge in [-0.15, -0.1) is 0 Å². The van der Waals surface area contributed by atoms with Gasteiger partial charge in [-0.25, -0.2) is 8.42 Å². The summed E-state index contributed by atoms with van der Waals surface area (Å²) in [5.74, 6) is 0.126. The van der Waals surface area contributed by atoms with Crippen LogP contribution in [0.1, 0.15) is 29.3 Å². The van der Waals surface area contributed by atoms with Crippen LogP contribution >= 0.6 is 0 Å². The van der Waals surface area contributed by atoms with Crippen molar-refractivity contribution in [3.63, 3.8) is 0 Å². The lowest BCUT2D eigenvalue weighted by atomic mass is 10.0. The van der Waals surface area contributed by atoms with Crippen LogP contribution in [0.3, 0.4) is 0 Å². The molecule has 0 radical (unpaired) electrons. The Hall–Kier alpha value is -1.47. The van der Waals surface area contributed by atoms with E-state index in [1.54, 1.807) is 17.3 Å². The Morgan fingerprint density at radius 3 is 2.70 bits per heavy atom. The summed E-state index contributed by atoms with van der Waals surface area (Å²) in [5.41, 5.74) is 1.47. The van der Waals surface area contributed by atoms with Crippen molar-refractivity contribution in [3.8, 4) is 0 Å². The lowest BCUT2D eigenvalue weighted by Gasteiger charge is -2.43. The molecule has 126 valence electrons. The van der Waals surface area contributed by atoms with Crippen LogP contribution in [0.15, 0.2) is 18.5 Å². The number of rotatable bonds is 3. The maximum absolute atomic E-state index is 12.8. The van der Waals surface area contributed by atoms with E-state index in [0.717, 1.165) is 25.1 Å². The van der Waals surface area contributed by atoms with E-state index in [1.165, 1.54) is 0 Å². The second-order valence-electron chi connectivity index (χ2n) is 6.50. The zero-order valence-electron chi connectivity index (χ0n) is 13.6. The molecule has 0 saturated carbocycles. The largest absolute Gasteiger partial charge is 0.332 e. The van der Waals surface area contributed by atoms with Gasteiger partial charge in [0.2, 0.25) is 0 Å². The van der Waals surface area contributed by atoms with Crippen LogP contribution in [0.5, 0.6) is 0 Å². The van der Waals surface area contributed by atoms with Crippen LogP contribution in [0, 0.1) is 6.92 Å². The lowest BCUT2D eigenvalue weighted by Crippen LogP contribution is -2.60. The molecule has 2 aliphatic rings. The standard InChI is InChI=1S/C16H23N3O3S/c1-3-4-18-5-6-19(15-11-23(21,22)10-14(15)18)16(20)13-7-12(2)8-17-9-13/h7-9,14-15H,3-6,10-11H2,1-2H3. The van der Waals surface area contributed by atoms with E-state index >= 15 is 0 Å². The molecule has 1 aromatic rings. The van der Waals surface area contributed by atoms with E-state index in [0.29, 0.717) is 12.1 Å². The minimum atomic E-state index is -3.09. The Bertz CT molecular complexity index is 704. The van der Waals surface area contributed by atoms with Crippen molar-refractivity contribution in [1.82, 2.24) is 14.8 Å². The maximum atomic E-state index is 12.8. The number of hydrogen-bond acceptors (Lipinski definition) is 5. The number of fused-ring (bicyclic) bond motifs is 1. The summed E-state index contributed by atoms with van der Waals surface area (Å²) in [6.07, 6.45) is 4.25. The SMILES string of the molecule is CCCN1CCN(C(=O)c2cncc(C)c2)C2CS(=O)(=O)CC21. The van der Waals surface area contributed by atoms with Crippen LogP contribution < -0.4 is 0 Å². The van der Waals surface area contributed by atoms with Gasteiger partial charge in [-0.1, -0.05) is 6.92 Å². The molecule has 0 bridgehead atoms. The first-order valence-electron chi connectivity index (χ1n) is 8.08. The predicted octanol–water partition coefficient (Wildman–Crippen LogP) is 0.723. The minimum Gasteiger partial charge on any atom is -0.332 e. The average Bonchev–Trinajstić information content (AvgIpc) is 2.82. The molecule has 0 spiro atoms. The molecule has 1 aromatic heterocycles. The van der Waals surface area contributed by atoms with Gasteiger partial charge >= 0.3 is 0 Å². The molecular weight excluding hydrogens is 314 g/mol. The van der Waals surface area contributed by atoms with Crippen molar-refractivity contribution < 1.29 is 13.2 Å². The molecule has 0 aliphatic carbocycles. The summed E-state index contributed by atoms with van der Waals surface area (Å²) in [4.78, 5) is 20.9. The number of piperazine rings is 1. The molecule has 3 heterocycles. The topological polar surface area (TPSA) is 70.6 Å². The molecule has 2 aliphatic heterocycles. The molecule has 2 atom stereocenters. The van der Waals surface area contributed by atoms with Crippen LogP contribution in [0.2, 0.25) is 0 Å². The average molecular weight is 337 g/mol. The van der Waals surface area contributed by atoms with Crippen LogP contribution in [0.25, 0.3) is 0 Å². The number of sulfone groups is 1. The van der Waals surface area contributed by atoms with E-state index in [9.17, 15) is 13.2 Å². The highest BCUT2D eigenvalue weighted by atomic mass is 32.2. The third-order valence-corrected chi connectivity index (χ3v) is 6.38. The highest BCUT2D eigenvalue weighted by Crippen LogP contribution is 2.28. The summed E-state index contributed by atoms with van der Waals surface area (Å²) in [6, 6.07) is 1.50. The van der Waals surface area contributed by atoms with Gasteiger partial charge in [-0.3, -0.25) is 14.7 Å². The quantitative estimate of drug-likeness (QED) is 0.813. The maximum Gasteiger partial charge on any atom is 0.255 e. The smallest absolute Gasteiger partial charge is 0.255 e. The Balaban J connectivity index is 1.87. The van der Waals surface area contributed by atoms with E-state index in [2.05, 4.69) is 16.8 Å². The van der Waals surface area contributed by atoms with E-state index < -0.39 is 9.84 Å². The molecule has 2 unspecified atom stereocenters. The summed E-state index contributed by atoms with van der Waals surface area (Å²) >= 11 is 0. The number of nitrogens with zero attached hydrogens (tertiary/aromatic N) is 3. The summed E-state index contributed by atoms with van der Waals surface area (Å²) in [5, 5.41) is 0. The molecular formula is C16H23N3O3S. The van der Waals surface area contributed by atoms with Gasteiger partial charge in [0.25, 0.3) is 5.91 Å². The Morgan fingerprint density at radius 2 is 2.00 bits per heavy atom. The molecule has 0 N–H and O–H groups in total. The van der Waals surface area contributed by atoms with Gasteiger partial charge < -0.3 is 4.90 Å². The number of aromatic nitrogens is 1. The lowest BCUT2D eigenvalue weighted by molar-refractivity contribution is 0.0332. The van der Waals surface area contributed by atoms with E-state index in [-0.39, 0.29) is 29.5 Å². The second-order valence-corrected chi connectivity index (χ2v) is 8.65. The fraction of sp³-hybridized carbons (Fsp3) is 0.625. The number of hydrogen-bond donors (Lipinski definition) is 0. The number of aryl methyl sites for hydroxylation is 1. The minimum absolute atomic E-state index is 0.0723. The number of amides is 1. The molecule has 1 amide bonds. The number of carbonyl (C=O) groups is 1. The van der Waals surface area contributed by atoms with Gasteiger partial charge in [0.05, 0.1) is 23.1 Å². The Kier molecular flexibility index (Phi) is 4.42. The van der Waals surface area contributed by atoms with Crippen molar-refractivity contribution in [2.45, 2.75) is 32.4 Å². The molecule has 23 heavy (non-hydrogen) atoms. The van der Waals surface area contributed by atoms with Gasteiger partial charge in [-0.05, 0) is 31.5 Å².